The van der Waals surface area contributed by atoms with Crippen LogP contribution < -0.4 is 10.6 Å². The monoisotopic (exact) mass is 689 g/mol. The van der Waals surface area contributed by atoms with Crippen molar-refractivity contribution in [1.82, 2.24) is 15.5 Å². The Morgan fingerprint density at radius 2 is 0.896 bits per heavy atom. The molecule has 0 unspecified atom stereocenters. The lowest BCUT2D eigenvalue weighted by Gasteiger charge is -2.23. The van der Waals surface area contributed by atoms with E-state index < -0.39 is 50.3 Å². The summed E-state index contributed by atoms with van der Waals surface area (Å²) < 4.78 is 30.2. The summed E-state index contributed by atoms with van der Waals surface area (Å²) >= 11 is 0. The van der Waals surface area contributed by atoms with Gasteiger partial charge in [-0.25, -0.2) is 19.2 Å². The summed E-state index contributed by atoms with van der Waals surface area (Å²) in [5, 5.41) is 5.41. The molecule has 0 fully saturated rings. The fraction of sp³-hybridized carbons (Fsp3) is 0.781. The lowest BCUT2D eigenvalue weighted by atomic mass is 10.1. The second kappa shape index (κ2) is 27.2. The van der Waals surface area contributed by atoms with Crippen molar-refractivity contribution in [2.24, 2.45) is 17.8 Å². The highest BCUT2D eigenvalue weighted by atomic mass is 16.6. The predicted molar refractivity (Wildman–Crippen MR) is 171 cm³/mol. The van der Waals surface area contributed by atoms with Gasteiger partial charge in [0.2, 0.25) is 17.7 Å². The molecular weight excluding hydrogens is 634 g/mol. The Kier molecular flexibility index (Phi) is 25.0. The zero-order valence-corrected chi connectivity index (χ0v) is 29.3. The molecule has 0 aliphatic carbocycles. The Balaban J connectivity index is 4.30. The summed E-state index contributed by atoms with van der Waals surface area (Å²) in [6.07, 6.45) is 1.77. The first kappa shape index (κ1) is 44.2. The van der Waals surface area contributed by atoms with E-state index in [1.807, 2.05) is 13.8 Å². The van der Waals surface area contributed by atoms with Crippen LogP contribution in [0.4, 0.5) is 0 Å². The highest BCUT2D eigenvalue weighted by Gasteiger charge is 2.17. The highest BCUT2D eigenvalue weighted by Crippen LogP contribution is 2.07. The number of ether oxygens (including phenoxy) is 6. The molecule has 0 rings (SSSR count). The van der Waals surface area contributed by atoms with Crippen molar-refractivity contribution in [2.45, 2.75) is 67.2 Å². The van der Waals surface area contributed by atoms with Crippen LogP contribution in [0.5, 0.6) is 0 Å². The van der Waals surface area contributed by atoms with Crippen LogP contribution in [-0.2, 0) is 62.0 Å². The molecule has 0 atom stereocenters. The number of carbonyl (C=O) groups is 7. The van der Waals surface area contributed by atoms with E-state index in [0.717, 1.165) is 0 Å². The number of amides is 3. The number of hydrogen-bond acceptors (Lipinski definition) is 13. The molecule has 3 amide bonds. The van der Waals surface area contributed by atoms with E-state index in [2.05, 4.69) is 10.6 Å². The zero-order valence-electron chi connectivity index (χ0n) is 29.3. The number of hydrogen-bond donors (Lipinski definition) is 2. The maximum Gasteiger partial charge on any atom is 0.332 e. The Labute approximate surface area is 283 Å². The van der Waals surface area contributed by atoms with E-state index in [9.17, 15) is 33.6 Å². The molecule has 0 bridgehead atoms. The molecule has 0 heterocycles. The van der Waals surface area contributed by atoms with Crippen LogP contribution >= 0.6 is 0 Å². The summed E-state index contributed by atoms with van der Waals surface area (Å²) in [5.41, 5.74) is 0. The summed E-state index contributed by atoms with van der Waals surface area (Å²) in [6, 6.07) is 0. The van der Waals surface area contributed by atoms with E-state index in [0.29, 0.717) is 32.4 Å². The van der Waals surface area contributed by atoms with Gasteiger partial charge >= 0.3 is 23.9 Å². The van der Waals surface area contributed by atoms with Gasteiger partial charge in [-0.2, -0.15) is 0 Å². The number of rotatable bonds is 27. The van der Waals surface area contributed by atoms with E-state index in [1.54, 1.807) is 27.7 Å². The van der Waals surface area contributed by atoms with Crippen LogP contribution in [0.3, 0.4) is 0 Å². The standard InChI is InChI=1S/C32H55N3O13/c1-23(2)9-10-26(36)35(13-17-47-29(39)21-43-19-27(37)45-15-7-11-33-31(41)24(3)4)14-18-48-30(40)22-44-20-28(38)46-16-8-12-34-32(42)25(5)6/h23-25H,7-22H2,1-6H3,(H,33,41)(H,34,42). The number of carbonyl (C=O) groups excluding carboxylic acids is 7. The molecule has 0 saturated carbocycles. The van der Waals surface area contributed by atoms with Gasteiger partial charge in [0.05, 0.1) is 26.3 Å². The maximum absolute atomic E-state index is 12.7. The quantitative estimate of drug-likeness (QED) is 0.0697. The van der Waals surface area contributed by atoms with E-state index in [-0.39, 0.29) is 81.4 Å². The number of esters is 4. The molecule has 16 heteroatoms. The van der Waals surface area contributed by atoms with Crippen LogP contribution in [-0.4, -0.2) is 126 Å². The van der Waals surface area contributed by atoms with Crippen molar-refractivity contribution in [3.8, 4) is 0 Å². The second-order valence-electron chi connectivity index (χ2n) is 11.8. The van der Waals surface area contributed by atoms with Crippen LogP contribution in [0.2, 0.25) is 0 Å². The molecule has 0 aliphatic rings. The normalized spacial score (nSPS) is 10.9. The van der Waals surface area contributed by atoms with Crippen molar-refractivity contribution in [2.75, 3.05) is 79.0 Å². The molecule has 0 aromatic rings. The topological polar surface area (TPSA) is 202 Å². The van der Waals surface area contributed by atoms with E-state index in [1.165, 1.54) is 4.90 Å². The Bertz CT molecular complexity index is 936. The third-order valence-electron chi connectivity index (χ3n) is 6.23. The molecule has 0 radical (unpaired) electrons. The molecule has 16 nitrogen and oxygen atoms in total. The molecule has 2 N–H and O–H groups in total. The SMILES string of the molecule is CC(C)CCC(=O)N(CCOC(=O)COCC(=O)OCCCNC(=O)C(C)C)CCOC(=O)COCC(=O)OCCCNC(=O)C(C)C. The fourth-order valence-corrected chi connectivity index (χ4v) is 3.42. The summed E-state index contributed by atoms with van der Waals surface area (Å²) in [5.74, 6) is -3.18. The average Bonchev–Trinajstić information content (AvgIpc) is 3.02. The van der Waals surface area contributed by atoms with Gasteiger partial charge in [-0.1, -0.05) is 41.5 Å². The molecule has 0 aliphatic heterocycles. The third-order valence-corrected chi connectivity index (χ3v) is 6.23. The van der Waals surface area contributed by atoms with Gasteiger partial charge in [-0.3, -0.25) is 14.4 Å². The lowest BCUT2D eigenvalue weighted by molar-refractivity contribution is -0.156. The first-order valence-electron chi connectivity index (χ1n) is 16.3. The molecular formula is C32H55N3O13. The Morgan fingerprint density at radius 3 is 1.23 bits per heavy atom. The highest BCUT2D eigenvalue weighted by molar-refractivity contribution is 5.78. The Hall–Kier alpha value is -3.79. The largest absolute Gasteiger partial charge is 0.464 e. The van der Waals surface area contributed by atoms with Gasteiger partial charge in [0, 0.05) is 31.3 Å². The van der Waals surface area contributed by atoms with Crippen LogP contribution in [0.25, 0.3) is 0 Å². The van der Waals surface area contributed by atoms with E-state index in [4.69, 9.17) is 28.4 Å². The first-order valence-corrected chi connectivity index (χ1v) is 16.3. The van der Waals surface area contributed by atoms with Gasteiger partial charge < -0.3 is 44.0 Å². The van der Waals surface area contributed by atoms with Crippen LogP contribution in [0.1, 0.15) is 67.2 Å². The van der Waals surface area contributed by atoms with Gasteiger partial charge in [0.25, 0.3) is 0 Å². The van der Waals surface area contributed by atoms with Gasteiger partial charge in [0.15, 0.2) is 0 Å². The van der Waals surface area contributed by atoms with Crippen molar-refractivity contribution >= 4 is 41.6 Å². The smallest absolute Gasteiger partial charge is 0.332 e. The van der Waals surface area contributed by atoms with Crippen LogP contribution in [0, 0.1) is 17.8 Å². The molecule has 0 spiro atoms. The minimum Gasteiger partial charge on any atom is -0.464 e. The van der Waals surface area contributed by atoms with Crippen molar-refractivity contribution < 1.29 is 62.0 Å². The van der Waals surface area contributed by atoms with E-state index >= 15 is 0 Å². The average molecular weight is 690 g/mol. The maximum atomic E-state index is 12.7. The summed E-state index contributed by atoms with van der Waals surface area (Å²) in [7, 11) is 0. The molecule has 0 aromatic heterocycles. The van der Waals surface area contributed by atoms with Gasteiger partial charge in [0.1, 0.15) is 39.6 Å². The molecule has 0 aromatic carbocycles. The van der Waals surface area contributed by atoms with Gasteiger partial charge in [-0.05, 0) is 25.2 Å². The van der Waals surface area contributed by atoms with Crippen molar-refractivity contribution in [3.63, 3.8) is 0 Å². The third kappa shape index (κ3) is 25.3. The first-order chi connectivity index (χ1) is 22.7. The predicted octanol–water partition coefficient (Wildman–Crippen LogP) is 0.782. The summed E-state index contributed by atoms with van der Waals surface area (Å²) in [6.45, 7) is 9.84. The number of nitrogens with one attached hydrogen (secondary N) is 2. The number of nitrogens with zero attached hydrogens (tertiary/aromatic N) is 1. The molecule has 276 valence electrons. The zero-order chi connectivity index (χ0) is 36.3. The van der Waals surface area contributed by atoms with Crippen molar-refractivity contribution in [1.29, 1.82) is 0 Å². The van der Waals surface area contributed by atoms with Gasteiger partial charge in [-0.15, -0.1) is 0 Å². The molecule has 48 heavy (non-hydrogen) atoms. The Morgan fingerprint density at radius 1 is 0.542 bits per heavy atom. The summed E-state index contributed by atoms with van der Waals surface area (Å²) in [4.78, 5) is 84.6. The van der Waals surface area contributed by atoms with Crippen molar-refractivity contribution in [3.05, 3.63) is 0 Å². The lowest BCUT2D eigenvalue weighted by Crippen LogP contribution is -2.37. The second-order valence-corrected chi connectivity index (χ2v) is 11.8. The van der Waals surface area contributed by atoms with Crippen LogP contribution in [0.15, 0.2) is 0 Å². The minimum atomic E-state index is -0.742. The fourth-order valence-electron chi connectivity index (χ4n) is 3.42. The molecule has 0 saturated heterocycles. The minimum absolute atomic E-state index is 0.0408.